The van der Waals surface area contributed by atoms with E-state index in [0.29, 0.717) is 27.0 Å². The van der Waals surface area contributed by atoms with Crippen molar-refractivity contribution in [3.63, 3.8) is 0 Å². The summed E-state index contributed by atoms with van der Waals surface area (Å²) < 4.78 is 6.16. The number of amides is 2. The van der Waals surface area contributed by atoms with E-state index in [1.54, 1.807) is 30.3 Å². The number of hydrogen-bond acceptors (Lipinski definition) is 6. The fourth-order valence-electron chi connectivity index (χ4n) is 2.92. The van der Waals surface area contributed by atoms with Gasteiger partial charge in [-0.3, -0.25) is 19.7 Å². The van der Waals surface area contributed by atoms with Crippen molar-refractivity contribution in [3.8, 4) is 5.75 Å². The number of hydrazone groups is 1. The summed E-state index contributed by atoms with van der Waals surface area (Å²) in [6.07, 6.45) is 1.26. The number of ether oxygens (including phenoxy) is 1. The zero-order valence-electron chi connectivity index (χ0n) is 18.2. The van der Waals surface area contributed by atoms with Gasteiger partial charge in [0.2, 0.25) is 5.91 Å². The summed E-state index contributed by atoms with van der Waals surface area (Å²) in [5.41, 5.74) is 4.99. The Hall–Kier alpha value is -4.05. The van der Waals surface area contributed by atoms with E-state index in [4.69, 9.17) is 4.74 Å². The molecule has 0 saturated heterocycles. The molecular weight excluding hydrogens is 504 g/mol. The number of para-hydroxylation sites is 1. The zero-order chi connectivity index (χ0) is 24.5. The predicted molar refractivity (Wildman–Crippen MR) is 132 cm³/mol. The second-order valence-electron chi connectivity index (χ2n) is 7.25. The predicted octanol–water partition coefficient (Wildman–Crippen LogP) is 4.38. The first-order valence-electron chi connectivity index (χ1n) is 10.1. The van der Waals surface area contributed by atoms with Gasteiger partial charge in [-0.1, -0.05) is 35.9 Å². The molecule has 0 fully saturated rings. The van der Waals surface area contributed by atoms with E-state index in [1.165, 1.54) is 18.3 Å². The van der Waals surface area contributed by atoms with Gasteiger partial charge < -0.3 is 10.1 Å². The average Bonchev–Trinajstić information content (AvgIpc) is 2.80. The lowest BCUT2D eigenvalue weighted by atomic mass is 10.1. The number of nitrogens with one attached hydrogen (secondary N) is 2. The molecule has 9 nitrogen and oxygen atoms in total. The van der Waals surface area contributed by atoms with Crippen LogP contribution in [-0.4, -0.2) is 29.6 Å². The quantitative estimate of drug-likeness (QED) is 0.244. The number of nitro benzene ring substituents is 1. The Morgan fingerprint density at radius 2 is 1.82 bits per heavy atom. The molecule has 34 heavy (non-hydrogen) atoms. The first kappa shape index (κ1) is 24.6. The van der Waals surface area contributed by atoms with E-state index in [9.17, 15) is 19.7 Å². The Labute approximate surface area is 204 Å². The maximum Gasteiger partial charge on any atom is 0.273 e. The van der Waals surface area contributed by atoms with E-state index in [1.807, 2.05) is 31.2 Å². The van der Waals surface area contributed by atoms with Gasteiger partial charge in [0.05, 0.1) is 22.0 Å². The Bertz CT molecular complexity index is 1230. The average molecular weight is 525 g/mol. The monoisotopic (exact) mass is 524 g/mol. The number of anilines is 1. The number of carbonyl (C=O) groups is 2. The summed E-state index contributed by atoms with van der Waals surface area (Å²) in [4.78, 5) is 34.7. The molecule has 0 saturated carbocycles. The van der Waals surface area contributed by atoms with E-state index in [-0.39, 0.29) is 24.6 Å². The van der Waals surface area contributed by atoms with E-state index in [2.05, 4.69) is 31.8 Å². The highest BCUT2D eigenvalue weighted by atomic mass is 79.9. The molecule has 174 valence electrons. The van der Waals surface area contributed by atoms with E-state index >= 15 is 0 Å². The molecule has 0 heterocycles. The van der Waals surface area contributed by atoms with Crippen LogP contribution in [0, 0.1) is 17.0 Å². The largest absolute Gasteiger partial charge is 0.483 e. The van der Waals surface area contributed by atoms with Crippen molar-refractivity contribution in [2.45, 2.75) is 13.3 Å². The highest BCUT2D eigenvalue weighted by molar-refractivity contribution is 9.10. The molecule has 0 atom stereocenters. The third-order valence-corrected chi connectivity index (χ3v) is 5.21. The van der Waals surface area contributed by atoms with Crippen molar-refractivity contribution in [1.29, 1.82) is 0 Å². The fourth-order valence-corrected chi connectivity index (χ4v) is 3.43. The van der Waals surface area contributed by atoms with Crippen LogP contribution in [-0.2, 0) is 16.0 Å². The van der Waals surface area contributed by atoms with Gasteiger partial charge >= 0.3 is 0 Å². The molecule has 0 radical (unpaired) electrons. The number of carbonyl (C=O) groups excluding carboxylic acids is 2. The van der Waals surface area contributed by atoms with Crippen LogP contribution in [0.4, 0.5) is 11.4 Å². The van der Waals surface area contributed by atoms with Crippen LogP contribution in [0.3, 0.4) is 0 Å². The van der Waals surface area contributed by atoms with Gasteiger partial charge in [-0.25, -0.2) is 5.43 Å². The number of hydrogen-bond donors (Lipinski definition) is 2. The molecule has 0 spiro atoms. The molecule has 0 aliphatic heterocycles. The number of halogens is 1. The van der Waals surface area contributed by atoms with Crippen molar-refractivity contribution >= 4 is 45.3 Å². The lowest BCUT2D eigenvalue weighted by Crippen LogP contribution is -2.20. The van der Waals surface area contributed by atoms with Gasteiger partial charge in [0.1, 0.15) is 5.75 Å². The van der Waals surface area contributed by atoms with Crippen molar-refractivity contribution in [3.05, 3.63) is 98.0 Å². The summed E-state index contributed by atoms with van der Waals surface area (Å²) in [6.45, 7) is 1.80. The van der Waals surface area contributed by atoms with Gasteiger partial charge in [0.15, 0.2) is 6.61 Å². The first-order valence-corrected chi connectivity index (χ1v) is 10.9. The SMILES string of the molecule is Cc1ccc(NC(=O)COc2ccc(/C=N/NC(=O)Cc3ccccc3[N+](=O)[O-])cc2Br)cc1. The Balaban J connectivity index is 1.50. The maximum atomic E-state index is 12.1. The van der Waals surface area contributed by atoms with Crippen molar-refractivity contribution < 1.29 is 19.2 Å². The highest BCUT2D eigenvalue weighted by Crippen LogP contribution is 2.25. The van der Waals surface area contributed by atoms with Crippen molar-refractivity contribution in [2.24, 2.45) is 5.10 Å². The van der Waals surface area contributed by atoms with Crippen LogP contribution in [0.2, 0.25) is 0 Å². The van der Waals surface area contributed by atoms with Gasteiger partial charge in [0.25, 0.3) is 11.6 Å². The van der Waals surface area contributed by atoms with Crippen LogP contribution in [0.15, 0.2) is 76.3 Å². The number of rotatable bonds is 9. The van der Waals surface area contributed by atoms with Gasteiger partial charge in [-0.05, 0) is 58.7 Å². The lowest BCUT2D eigenvalue weighted by molar-refractivity contribution is -0.385. The molecule has 0 unspecified atom stereocenters. The standard InChI is InChI=1S/C24H21BrN4O5/c1-16-6-9-19(10-7-16)27-24(31)15-34-22-11-8-17(12-20(22)25)14-26-28-23(30)13-18-4-2-3-5-21(18)29(32)33/h2-12,14H,13,15H2,1H3,(H,27,31)(H,28,30)/b26-14+. The summed E-state index contributed by atoms with van der Waals surface area (Å²) in [5.74, 6) is -0.302. The molecule has 2 amide bonds. The van der Waals surface area contributed by atoms with Gasteiger partial charge in [-0.15, -0.1) is 0 Å². The second-order valence-corrected chi connectivity index (χ2v) is 8.10. The number of nitro groups is 1. The molecule has 3 aromatic rings. The van der Waals surface area contributed by atoms with Crippen LogP contribution in [0.5, 0.6) is 5.75 Å². The minimum absolute atomic E-state index is 0.117. The molecule has 3 aromatic carbocycles. The molecular formula is C24H21BrN4O5. The van der Waals surface area contributed by atoms with Crippen LogP contribution < -0.4 is 15.5 Å². The number of aryl methyl sites for hydroxylation is 1. The first-order chi connectivity index (χ1) is 16.3. The summed E-state index contributed by atoms with van der Waals surface area (Å²) >= 11 is 3.39. The molecule has 0 aliphatic rings. The van der Waals surface area contributed by atoms with Crippen LogP contribution >= 0.6 is 15.9 Å². The Morgan fingerprint density at radius 1 is 1.09 bits per heavy atom. The summed E-state index contributed by atoms with van der Waals surface area (Å²) in [5, 5.41) is 17.7. The fraction of sp³-hybridized carbons (Fsp3) is 0.125. The van der Waals surface area contributed by atoms with E-state index < -0.39 is 10.8 Å². The molecule has 10 heteroatoms. The molecule has 0 aromatic heterocycles. The normalized spacial score (nSPS) is 10.6. The molecule has 0 bridgehead atoms. The zero-order valence-corrected chi connectivity index (χ0v) is 19.7. The summed E-state index contributed by atoms with van der Waals surface area (Å²) in [7, 11) is 0. The number of benzene rings is 3. The third-order valence-electron chi connectivity index (χ3n) is 4.59. The van der Waals surface area contributed by atoms with E-state index in [0.717, 1.165) is 5.56 Å². The Kier molecular flexibility index (Phi) is 8.47. The van der Waals surface area contributed by atoms with Crippen molar-refractivity contribution in [1.82, 2.24) is 5.43 Å². The third kappa shape index (κ3) is 7.24. The lowest BCUT2D eigenvalue weighted by Gasteiger charge is -2.09. The maximum absolute atomic E-state index is 12.1. The summed E-state index contributed by atoms with van der Waals surface area (Å²) in [6, 6.07) is 18.6. The Morgan fingerprint density at radius 3 is 2.53 bits per heavy atom. The van der Waals surface area contributed by atoms with Crippen LogP contribution in [0.1, 0.15) is 16.7 Å². The minimum atomic E-state index is -0.529. The highest BCUT2D eigenvalue weighted by Gasteiger charge is 2.15. The molecule has 0 aliphatic carbocycles. The molecule has 2 N–H and O–H groups in total. The molecule has 3 rings (SSSR count). The van der Waals surface area contributed by atoms with Gasteiger partial charge in [-0.2, -0.15) is 5.10 Å². The number of nitrogens with zero attached hydrogens (tertiary/aromatic N) is 2. The minimum Gasteiger partial charge on any atom is -0.483 e. The van der Waals surface area contributed by atoms with Crippen LogP contribution in [0.25, 0.3) is 0 Å². The topological polar surface area (TPSA) is 123 Å². The smallest absolute Gasteiger partial charge is 0.273 e. The van der Waals surface area contributed by atoms with Crippen molar-refractivity contribution in [2.75, 3.05) is 11.9 Å². The van der Waals surface area contributed by atoms with Gasteiger partial charge in [0, 0.05) is 17.3 Å². The second kappa shape index (κ2) is 11.7.